The maximum Gasteiger partial charge on any atom is 0.0938 e. The van der Waals surface area contributed by atoms with Crippen LogP contribution >= 0.6 is 0 Å². The minimum absolute atomic E-state index is 0.238. The van der Waals surface area contributed by atoms with Gasteiger partial charge in [-0.15, -0.1) is 0 Å². The lowest BCUT2D eigenvalue weighted by atomic mass is 9.86. The number of nitrogens with zero attached hydrogens (tertiary/aromatic N) is 2. The van der Waals surface area contributed by atoms with Crippen LogP contribution in [0.1, 0.15) is 30.5 Å². The summed E-state index contributed by atoms with van der Waals surface area (Å²) in [5.74, 6) is 0.437. The summed E-state index contributed by atoms with van der Waals surface area (Å²) in [6, 6.07) is 57.3. The van der Waals surface area contributed by atoms with E-state index in [1.807, 2.05) is 24.4 Å². The number of nitrogens with two attached hydrogens (primary N) is 1. The molecule has 9 rings (SSSR count). The second kappa shape index (κ2) is 14.5. The van der Waals surface area contributed by atoms with Gasteiger partial charge < -0.3 is 15.6 Å². The van der Waals surface area contributed by atoms with Crippen LogP contribution in [0.2, 0.25) is 0 Å². The van der Waals surface area contributed by atoms with Gasteiger partial charge in [0.2, 0.25) is 0 Å². The first-order valence-corrected chi connectivity index (χ1v) is 18.8. The molecule has 262 valence electrons. The molecule has 1 aliphatic rings. The summed E-state index contributed by atoms with van der Waals surface area (Å²) in [6.45, 7) is 2.25. The number of fused-ring (bicyclic) bond motifs is 4. The molecule has 8 aromatic rings. The number of nitrogens with one attached hydrogen (secondary N) is 1. The molecule has 0 amide bonds. The zero-order valence-electron chi connectivity index (χ0n) is 30.3. The molecule has 0 bridgehead atoms. The Morgan fingerprint density at radius 1 is 0.667 bits per heavy atom. The van der Waals surface area contributed by atoms with Crippen molar-refractivity contribution >= 4 is 50.2 Å². The molecule has 3 N–H and O–H groups in total. The van der Waals surface area contributed by atoms with Crippen molar-refractivity contribution in [2.45, 2.75) is 25.4 Å². The molecule has 0 fully saturated rings. The minimum atomic E-state index is -0.358. The Morgan fingerprint density at radius 2 is 1.33 bits per heavy atom. The Morgan fingerprint density at radius 3 is 2.09 bits per heavy atom. The van der Waals surface area contributed by atoms with Crippen LogP contribution in [0.25, 0.3) is 49.4 Å². The lowest BCUT2D eigenvalue weighted by Gasteiger charge is -2.26. The van der Waals surface area contributed by atoms with E-state index in [9.17, 15) is 0 Å². The van der Waals surface area contributed by atoms with E-state index in [-0.39, 0.29) is 12.1 Å². The second-order valence-electron chi connectivity index (χ2n) is 14.3. The molecule has 3 atom stereocenters. The molecule has 1 aliphatic carbocycles. The van der Waals surface area contributed by atoms with Crippen LogP contribution in [0.5, 0.6) is 0 Å². The zero-order chi connectivity index (χ0) is 36.4. The van der Waals surface area contributed by atoms with Crippen LogP contribution in [-0.4, -0.2) is 16.8 Å². The highest BCUT2D eigenvalue weighted by molar-refractivity contribution is 6.13. The number of aromatic nitrogens is 1. The molecule has 1 aromatic heterocycles. The minimum Gasteiger partial charge on any atom is -0.354 e. The monoisotopic (exact) mass is 698 g/mol. The maximum atomic E-state index is 7.31. The highest BCUT2D eigenvalue weighted by atomic mass is 15.0. The van der Waals surface area contributed by atoms with Crippen LogP contribution in [0.3, 0.4) is 0 Å². The summed E-state index contributed by atoms with van der Waals surface area (Å²) in [4.78, 5) is 5.16. The summed E-state index contributed by atoms with van der Waals surface area (Å²) in [5.41, 5.74) is 18.4. The number of para-hydroxylation sites is 2. The lowest BCUT2D eigenvalue weighted by Crippen LogP contribution is -2.27. The van der Waals surface area contributed by atoms with Crippen molar-refractivity contribution < 1.29 is 0 Å². The Kier molecular flexibility index (Phi) is 8.96. The number of benzene rings is 7. The van der Waals surface area contributed by atoms with Gasteiger partial charge in [0.05, 0.1) is 23.1 Å². The molecule has 4 nitrogen and oxygen atoms in total. The topological polar surface area (TPSA) is 55.3 Å². The van der Waals surface area contributed by atoms with Gasteiger partial charge in [-0.1, -0.05) is 153 Å². The molecule has 1 heterocycles. The van der Waals surface area contributed by atoms with E-state index < -0.39 is 0 Å². The smallest absolute Gasteiger partial charge is 0.0938 e. The molecule has 2 unspecified atom stereocenters. The highest BCUT2D eigenvalue weighted by Crippen LogP contribution is 2.42. The number of anilines is 2. The fourth-order valence-corrected chi connectivity index (χ4v) is 8.03. The summed E-state index contributed by atoms with van der Waals surface area (Å²) in [5, 5.41) is 8.60. The molecule has 4 heteroatoms. The molecule has 0 saturated carbocycles. The Hall–Kier alpha value is -6.49. The summed E-state index contributed by atoms with van der Waals surface area (Å²) in [6.07, 6.45) is 9.79. The van der Waals surface area contributed by atoms with Crippen LogP contribution < -0.4 is 11.1 Å². The van der Waals surface area contributed by atoms with E-state index in [4.69, 9.17) is 10.7 Å². The summed E-state index contributed by atoms with van der Waals surface area (Å²) < 4.78 is 2.37. The first-order chi connectivity index (χ1) is 26.6. The van der Waals surface area contributed by atoms with E-state index in [0.717, 1.165) is 67.6 Å². The van der Waals surface area contributed by atoms with E-state index in [1.54, 1.807) is 0 Å². The average molecular weight is 699 g/mol. The van der Waals surface area contributed by atoms with Crippen molar-refractivity contribution in [3.8, 4) is 16.8 Å². The quantitative estimate of drug-likeness (QED) is 0.147. The number of allylic oxidation sites excluding steroid dienone is 2. The standard InChI is InChI=1S/C50H42N4/c1-34-16-15-21-37(30-34)50(52-33-35-17-5-2-6-18-35)49(51)42-28-29-45(40-25-12-11-24-39(40)42)53-46-32-48-44(31-43(46)36-19-7-3-8-20-36)41-26-13-14-27-47(41)54(48)38-22-9-4-10-23-38/h2-15,17-34,49-50,53H,16,51H2,1H3/t34?,49-,50?/m0/s1. The predicted molar refractivity (Wildman–Crippen MR) is 229 cm³/mol. The molecular formula is C50H42N4. The zero-order valence-corrected chi connectivity index (χ0v) is 30.3. The molecule has 0 saturated heterocycles. The van der Waals surface area contributed by atoms with Gasteiger partial charge in [-0.25, -0.2) is 0 Å². The molecule has 0 spiro atoms. The second-order valence-corrected chi connectivity index (χ2v) is 14.3. The first kappa shape index (κ1) is 33.4. The van der Waals surface area contributed by atoms with Crippen molar-refractivity contribution in [1.82, 2.24) is 4.57 Å². The number of hydrogen-bond donors (Lipinski definition) is 2. The Balaban J connectivity index is 1.18. The largest absolute Gasteiger partial charge is 0.354 e. The Bertz CT molecular complexity index is 2690. The first-order valence-electron chi connectivity index (χ1n) is 18.8. The molecule has 7 aromatic carbocycles. The highest BCUT2D eigenvalue weighted by Gasteiger charge is 2.25. The third-order valence-electron chi connectivity index (χ3n) is 10.7. The predicted octanol–water partition coefficient (Wildman–Crippen LogP) is 12.4. The Labute approximate surface area is 316 Å². The SMILES string of the molecule is CC1C=C(C(N=Cc2ccccc2)[C@@H](N)c2ccc(Nc3cc4c(cc3-c3ccccc3)c3ccccc3n4-c3ccccc3)c3ccccc23)C=CC1. The van der Waals surface area contributed by atoms with Crippen LogP contribution in [-0.2, 0) is 0 Å². The van der Waals surface area contributed by atoms with Crippen molar-refractivity contribution in [2.75, 3.05) is 5.32 Å². The average Bonchev–Trinajstić information content (AvgIpc) is 3.55. The van der Waals surface area contributed by atoms with Crippen LogP contribution in [0.4, 0.5) is 11.4 Å². The van der Waals surface area contributed by atoms with Gasteiger partial charge in [-0.05, 0) is 76.4 Å². The van der Waals surface area contributed by atoms with Crippen LogP contribution in [0.15, 0.2) is 193 Å². The van der Waals surface area contributed by atoms with Crippen LogP contribution in [0, 0.1) is 5.92 Å². The van der Waals surface area contributed by atoms with Gasteiger partial charge in [-0.3, -0.25) is 4.99 Å². The van der Waals surface area contributed by atoms with Gasteiger partial charge in [0.25, 0.3) is 0 Å². The van der Waals surface area contributed by atoms with E-state index in [2.05, 4.69) is 181 Å². The lowest BCUT2D eigenvalue weighted by molar-refractivity contribution is 0.610. The van der Waals surface area contributed by atoms with Crippen molar-refractivity contribution in [1.29, 1.82) is 0 Å². The molecule has 0 aliphatic heterocycles. The van der Waals surface area contributed by atoms with Gasteiger partial charge in [-0.2, -0.15) is 0 Å². The van der Waals surface area contributed by atoms with Gasteiger partial charge in [0, 0.05) is 45.0 Å². The number of hydrogen-bond acceptors (Lipinski definition) is 3. The summed E-state index contributed by atoms with van der Waals surface area (Å²) in [7, 11) is 0. The normalized spacial score (nSPS) is 15.5. The van der Waals surface area contributed by atoms with Crippen molar-refractivity contribution in [3.63, 3.8) is 0 Å². The number of aliphatic imine (C=N–C) groups is 1. The molecule has 0 radical (unpaired) electrons. The fraction of sp³-hybridized carbons (Fsp3) is 0.100. The van der Waals surface area contributed by atoms with E-state index in [0.29, 0.717) is 5.92 Å². The molecule has 54 heavy (non-hydrogen) atoms. The van der Waals surface area contributed by atoms with Gasteiger partial charge >= 0.3 is 0 Å². The van der Waals surface area contributed by atoms with Gasteiger partial charge in [0.1, 0.15) is 0 Å². The third-order valence-corrected chi connectivity index (χ3v) is 10.7. The van der Waals surface area contributed by atoms with Crippen molar-refractivity contribution in [3.05, 3.63) is 199 Å². The van der Waals surface area contributed by atoms with E-state index >= 15 is 0 Å². The number of rotatable bonds is 9. The molecular weight excluding hydrogens is 657 g/mol. The maximum absolute atomic E-state index is 7.31. The summed E-state index contributed by atoms with van der Waals surface area (Å²) >= 11 is 0. The fourth-order valence-electron chi connectivity index (χ4n) is 8.03. The van der Waals surface area contributed by atoms with E-state index in [1.165, 1.54) is 16.3 Å². The van der Waals surface area contributed by atoms with Gasteiger partial charge in [0.15, 0.2) is 0 Å². The third kappa shape index (κ3) is 6.31. The van der Waals surface area contributed by atoms with Crippen molar-refractivity contribution in [2.24, 2.45) is 16.6 Å².